The van der Waals surface area contributed by atoms with Crippen LogP contribution in [0.25, 0.3) is 0 Å². The Morgan fingerprint density at radius 2 is 1.44 bits per heavy atom. The molecule has 1 saturated carbocycles. The fourth-order valence-corrected chi connectivity index (χ4v) is 1.16. The molecule has 0 N–H and O–H groups in total. The summed E-state index contributed by atoms with van der Waals surface area (Å²) in [6.07, 6.45) is 7.18. The van der Waals surface area contributed by atoms with Crippen molar-refractivity contribution in [2.45, 2.75) is 39.0 Å². The Balaban J connectivity index is 0. The van der Waals surface area contributed by atoms with Gasteiger partial charge in [0.2, 0.25) is 0 Å². The molecule has 0 atom stereocenters. The Morgan fingerprint density at radius 3 is 1.67 bits per heavy atom. The molecule has 1 rings (SSSR count). The van der Waals surface area contributed by atoms with Gasteiger partial charge in [0.15, 0.2) is 0 Å². The zero-order valence-electron chi connectivity index (χ0n) is 6.12. The first-order valence-electron chi connectivity index (χ1n) is 3.21. The SMILES string of the molecule is C[C-]1CCCCC1.[Cl-].[Mg+2]. The smallest absolute Gasteiger partial charge is 1.00 e. The van der Waals surface area contributed by atoms with Crippen LogP contribution in [0.1, 0.15) is 39.0 Å². The topological polar surface area (TPSA) is 0 Å². The Labute approximate surface area is 80.3 Å². The van der Waals surface area contributed by atoms with Crippen molar-refractivity contribution in [3.05, 3.63) is 5.92 Å². The molecule has 0 saturated heterocycles. The van der Waals surface area contributed by atoms with Crippen LogP contribution in [0.3, 0.4) is 0 Å². The third-order valence-electron chi connectivity index (χ3n) is 1.71. The van der Waals surface area contributed by atoms with Crippen LogP contribution in [-0.4, -0.2) is 23.1 Å². The van der Waals surface area contributed by atoms with Gasteiger partial charge in [0.25, 0.3) is 0 Å². The van der Waals surface area contributed by atoms with E-state index in [1.165, 1.54) is 32.1 Å². The summed E-state index contributed by atoms with van der Waals surface area (Å²) >= 11 is 0. The van der Waals surface area contributed by atoms with E-state index in [2.05, 4.69) is 6.92 Å². The van der Waals surface area contributed by atoms with Crippen molar-refractivity contribution in [1.82, 2.24) is 0 Å². The van der Waals surface area contributed by atoms with E-state index in [0.717, 1.165) is 0 Å². The predicted molar refractivity (Wildman–Crippen MR) is 37.8 cm³/mol. The maximum absolute atomic E-state index is 2.28. The number of rotatable bonds is 0. The second-order valence-corrected chi connectivity index (χ2v) is 2.52. The van der Waals surface area contributed by atoms with Crippen LogP contribution in [-0.2, 0) is 0 Å². The third kappa shape index (κ3) is 5.50. The molecule has 1 aliphatic carbocycles. The van der Waals surface area contributed by atoms with Gasteiger partial charge < -0.3 is 18.3 Å². The fraction of sp³-hybridized carbons (Fsp3) is 0.857. The summed E-state index contributed by atoms with van der Waals surface area (Å²) in [4.78, 5) is 0. The van der Waals surface area contributed by atoms with E-state index in [0.29, 0.717) is 0 Å². The molecule has 0 amide bonds. The van der Waals surface area contributed by atoms with Gasteiger partial charge >= 0.3 is 23.1 Å². The van der Waals surface area contributed by atoms with Crippen LogP contribution in [0, 0.1) is 5.92 Å². The largest absolute Gasteiger partial charge is 2.00 e. The molecule has 0 unspecified atom stereocenters. The van der Waals surface area contributed by atoms with Crippen molar-refractivity contribution in [3.8, 4) is 0 Å². The molecule has 2 heteroatoms. The number of hydrogen-bond acceptors (Lipinski definition) is 0. The molecule has 0 nitrogen and oxygen atoms in total. The average molecular weight is 157 g/mol. The van der Waals surface area contributed by atoms with E-state index in [9.17, 15) is 0 Å². The Hall–Kier alpha value is 1.06. The molecule has 50 valence electrons. The summed E-state index contributed by atoms with van der Waals surface area (Å²) in [5.74, 6) is 1.71. The molecule has 0 aliphatic heterocycles. The van der Waals surface area contributed by atoms with Crippen molar-refractivity contribution in [2.75, 3.05) is 0 Å². The van der Waals surface area contributed by atoms with Gasteiger partial charge in [-0.1, -0.05) is 19.3 Å². The molecule has 0 aromatic carbocycles. The summed E-state index contributed by atoms with van der Waals surface area (Å²) in [7, 11) is 0. The standard InChI is InChI=1S/C7H13.ClH.Mg/c1-7-5-3-2-4-6-7;;/h2-6H2,1H3;1H;/q-1;;+2/p-1. The third-order valence-corrected chi connectivity index (χ3v) is 1.71. The van der Waals surface area contributed by atoms with E-state index in [1.54, 1.807) is 5.92 Å². The Morgan fingerprint density at radius 1 is 1.00 bits per heavy atom. The van der Waals surface area contributed by atoms with Crippen molar-refractivity contribution in [1.29, 1.82) is 0 Å². The minimum absolute atomic E-state index is 0. The minimum Gasteiger partial charge on any atom is -1.00 e. The van der Waals surface area contributed by atoms with E-state index >= 15 is 0 Å². The van der Waals surface area contributed by atoms with Crippen LogP contribution in [0.4, 0.5) is 0 Å². The summed E-state index contributed by atoms with van der Waals surface area (Å²) in [6.45, 7) is 2.28. The molecule has 0 aromatic rings. The molecule has 9 heavy (non-hydrogen) atoms. The van der Waals surface area contributed by atoms with Crippen LogP contribution in [0.2, 0.25) is 0 Å². The zero-order chi connectivity index (χ0) is 5.11. The molecule has 0 radical (unpaired) electrons. The van der Waals surface area contributed by atoms with E-state index in [4.69, 9.17) is 0 Å². The first-order chi connectivity index (χ1) is 3.39. The number of halogens is 1. The van der Waals surface area contributed by atoms with E-state index in [-0.39, 0.29) is 35.5 Å². The Bertz CT molecular complexity index is 50.9. The summed E-state index contributed by atoms with van der Waals surface area (Å²) in [5, 5.41) is 0. The second-order valence-electron chi connectivity index (χ2n) is 2.52. The minimum atomic E-state index is 0. The van der Waals surface area contributed by atoms with Crippen LogP contribution in [0.5, 0.6) is 0 Å². The van der Waals surface area contributed by atoms with Gasteiger partial charge in [0.05, 0.1) is 0 Å². The van der Waals surface area contributed by atoms with Crippen LogP contribution < -0.4 is 12.4 Å². The molecule has 1 fully saturated rings. The molecular formula is C7H13ClMg. The van der Waals surface area contributed by atoms with Gasteiger partial charge in [0, 0.05) is 0 Å². The second kappa shape index (κ2) is 7.17. The van der Waals surface area contributed by atoms with Crippen LogP contribution >= 0.6 is 0 Å². The zero-order valence-corrected chi connectivity index (χ0v) is 8.29. The van der Waals surface area contributed by atoms with E-state index in [1.807, 2.05) is 0 Å². The van der Waals surface area contributed by atoms with Crippen molar-refractivity contribution >= 4 is 23.1 Å². The first kappa shape index (κ1) is 12.7. The summed E-state index contributed by atoms with van der Waals surface area (Å²) in [5.41, 5.74) is 0. The number of hydrogen-bond donors (Lipinski definition) is 0. The van der Waals surface area contributed by atoms with Gasteiger partial charge in [0.1, 0.15) is 0 Å². The Kier molecular flexibility index (Phi) is 10.1. The molecule has 0 bridgehead atoms. The summed E-state index contributed by atoms with van der Waals surface area (Å²) < 4.78 is 0. The van der Waals surface area contributed by atoms with Gasteiger partial charge in [-0.3, -0.25) is 0 Å². The van der Waals surface area contributed by atoms with Gasteiger partial charge in [-0.25, -0.2) is 0 Å². The van der Waals surface area contributed by atoms with Crippen molar-refractivity contribution < 1.29 is 12.4 Å². The average Bonchev–Trinajstić information content (AvgIpc) is 1.69. The monoisotopic (exact) mass is 156 g/mol. The maximum atomic E-state index is 2.28. The van der Waals surface area contributed by atoms with Gasteiger partial charge in [-0.2, -0.15) is 19.8 Å². The van der Waals surface area contributed by atoms with Gasteiger partial charge in [-0.15, -0.1) is 0 Å². The van der Waals surface area contributed by atoms with Crippen molar-refractivity contribution in [2.24, 2.45) is 0 Å². The quantitative estimate of drug-likeness (QED) is 0.318. The molecule has 0 spiro atoms. The maximum Gasteiger partial charge on any atom is 2.00 e. The predicted octanol–water partition coefficient (Wildman–Crippen LogP) is -0.832. The first-order valence-corrected chi connectivity index (χ1v) is 3.21. The normalized spacial score (nSPS) is 19.7. The van der Waals surface area contributed by atoms with Gasteiger partial charge in [-0.05, 0) is 0 Å². The molecule has 0 aromatic heterocycles. The van der Waals surface area contributed by atoms with E-state index < -0.39 is 0 Å². The molecule has 1 aliphatic rings. The molecular weight excluding hydrogens is 144 g/mol. The summed E-state index contributed by atoms with van der Waals surface area (Å²) in [6, 6.07) is 0. The fourth-order valence-electron chi connectivity index (χ4n) is 1.16. The van der Waals surface area contributed by atoms with Crippen molar-refractivity contribution in [3.63, 3.8) is 0 Å². The van der Waals surface area contributed by atoms with Crippen LogP contribution in [0.15, 0.2) is 0 Å². The molecule has 0 heterocycles.